The highest BCUT2D eigenvalue weighted by atomic mass is 16.1. The predicted molar refractivity (Wildman–Crippen MR) is 241 cm³/mol. The molecule has 0 unspecified atom stereocenters. The van der Waals surface area contributed by atoms with E-state index in [1.54, 1.807) is 0 Å². The van der Waals surface area contributed by atoms with Crippen molar-refractivity contribution >= 4 is 43.6 Å². The van der Waals surface area contributed by atoms with E-state index in [9.17, 15) is 4.79 Å². The molecule has 0 N–H and O–H groups in total. The first-order chi connectivity index (χ1) is 28.7. The van der Waals surface area contributed by atoms with Gasteiger partial charge in [0.25, 0.3) is 0 Å². The first-order valence-electron chi connectivity index (χ1n) is 19.6. The maximum Gasteiger partial charge on any atom is 0.197 e. The molecule has 4 nitrogen and oxygen atoms in total. The van der Waals surface area contributed by atoms with Crippen molar-refractivity contribution in [2.45, 2.75) is 0 Å². The Balaban J connectivity index is 1.11. The second kappa shape index (κ2) is 13.7. The van der Waals surface area contributed by atoms with Gasteiger partial charge in [0, 0.05) is 32.8 Å². The van der Waals surface area contributed by atoms with Gasteiger partial charge in [-0.05, 0) is 100 Å². The van der Waals surface area contributed by atoms with Crippen molar-refractivity contribution in [3.05, 3.63) is 223 Å². The average Bonchev–Trinajstić information content (AvgIpc) is 3.63. The Labute approximate surface area is 335 Å². The van der Waals surface area contributed by atoms with Crippen molar-refractivity contribution in [2.75, 3.05) is 0 Å². The zero-order chi connectivity index (χ0) is 38.6. The molecule has 0 atom stereocenters. The van der Waals surface area contributed by atoms with E-state index in [1.165, 1.54) is 21.9 Å². The van der Waals surface area contributed by atoms with Crippen LogP contribution < -0.4 is 5.43 Å². The summed E-state index contributed by atoms with van der Waals surface area (Å²) >= 11 is 0. The molecule has 3 aromatic heterocycles. The van der Waals surface area contributed by atoms with Gasteiger partial charge in [-0.2, -0.15) is 0 Å². The third-order valence-electron chi connectivity index (χ3n) is 11.3. The summed E-state index contributed by atoms with van der Waals surface area (Å²) in [5.74, 6) is 0.746. The highest BCUT2D eigenvalue weighted by molar-refractivity contribution is 6.10. The maximum absolute atomic E-state index is 14.2. The second-order valence-corrected chi connectivity index (χ2v) is 14.7. The average molecular weight is 742 g/mol. The molecule has 8 aromatic carbocycles. The van der Waals surface area contributed by atoms with Gasteiger partial charge in [0.1, 0.15) is 5.82 Å². The molecular formula is C54H35N3O. The Morgan fingerprint density at radius 3 is 1.52 bits per heavy atom. The summed E-state index contributed by atoms with van der Waals surface area (Å²) in [7, 11) is 0. The summed E-state index contributed by atoms with van der Waals surface area (Å²) in [6, 6.07) is 73.7. The molecule has 0 radical (unpaired) electrons. The minimum atomic E-state index is 0.00713. The number of para-hydroxylation sites is 2. The van der Waals surface area contributed by atoms with Crippen molar-refractivity contribution in [3.8, 4) is 56.1 Å². The number of hydrogen-bond acceptors (Lipinski definition) is 2. The first-order valence-corrected chi connectivity index (χ1v) is 19.6. The van der Waals surface area contributed by atoms with Crippen molar-refractivity contribution in [2.24, 2.45) is 0 Å². The summed E-state index contributed by atoms with van der Waals surface area (Å²) in [6.07, 6.45) is 0. The molecule has 0 fully saturated rings. The summed E-state index contributed by atoms with van der Waals surface area (Å²) in [5, 5.41) is 3.65. The molecule has 11 rings (SSSR count). The Bertz CT molecular complexity index is 3330. The van der Waals surface area contributed by atoms with Gasteiger partial charge in [-0.3, -0.25) is 9.36 Å². The lowest BCUT2D eigenvalue weighted by Crippen LogP contribution is -2.12. The Morgan fingerprint density at radius 2 is 0.810 bits per heavy atom. The minimum Gasteiger partial charge on any atom is -0.309 e. The lowest BCUT2D eigenvalue weighted by atomic mass is 9.99. The van der Waals surface area contributed by atoms with Gasteiger partial charge in [0.15, 0.2) is 5.43 Å². The number of rotatable bonds is 6. The van der Waals surface area contributed by atoms with Crippen LogP contribution in [0.15, 0.2) is 217 Å². The smallest absolute Gasteiger partial charge is 0.197 e. The number of nitrogens with zero attached hydrogens (tertiary/aromatic N) is 3. The van der Waals surface area contributed by atoms with E-state index < -0.39 is 0 Å². The van der Waals surface area contributed by atoms with Crippen LogP contribution in [0, 0.1) is 0 Å². The molecule has 0 amide bonds. The van der Waals surface area contributed by atoms with Gasteiger partial charge in [0.05, 0.1) is 27.8 Å². The lowest BCUT2D eigenvalue weighted by molar-refractivity contribution is 1.07. The largest absolute Gasteiger partial charge is 0.309 e. The van der Waals surface area contributed by atoms with Crippen LogP contribution in [-0.4, -0.2) is 14.1 Å². The summed E-state index contributed by atoms with van der Waals surface area (Å²) in [5.41, 5.74) is 13.5. The highest BCUT2D eigenvalue weighted by Gasteiger charge is 2.18. The molecule has 0 saturated carbocycles. The van der Waals surface area contributed by atoms with E-state index in [-0.39, 0.29) is 5.43 Å². The number of pyridine rings is 2. The second-order valence-electron chi connectivity index (χ2n) is 14.7. The van der Waals surface area contributed by atoms with Crippen LogP contribution in [0.1, 0.15) is 0 Å². The lowest BCUT2D eigenvalue weighted by Gasteiger charge is -2.18. The van der Waals surface area contributed by atoms with Crippen LogP contribution >= 0.6 is 0 Å². The van der Waals surface area contributed by atoms with Crippen molar-refractivity contribution in [1.29, 1.82) is 0 Å². The van der Waals surface area contributed by atoms with Gasteiger partial charge in [-0.1, -0.05) is 146 Å². The molecule has 272 valence electrons. The number of aromatic nitrogens is 3. The molecule has 0 aliphatic heterocycles. The fraction of sp³-hybridized carbons (Fsp3) is 0. The third-order valence-corrected chi connectivity index (χ3v) is 11.3. The fourth-order valence-corrected chi connectivity index (χ4v) is 8.52. The van der Waals surface area contributed by atoms with E-state index >= 15 is 0 Å². The quantitative estimate of drug-likeness (QED) is 0.159. The maximum atomic E-state index is 14.2. The topological polar surface area (TPSA) is 39.8 Å². The standard InChI is InChI=1S/C54H35N3O/c58-54-45-21-11-13-23-50(45)57(53-35-42(37-16-6-2-7-17-37)33-48(55-53)39-18-8-3-9-19-39)52-34-41(26-30-46(52)54)40-27-31-51-47(32-40)44-20-10-12-22-49(44)56(51)43-28-24-38(25-29-43)36-14-4-1-5-15-36/h1-35H. The van der Waals surface area contributed by atoms with E-state index in [1.807, 2.05) is 60.7 Å². The number of benzene rings is 8. The zero-order valence-electron chi connectivity index (χ0n) is 31.5. The number of fused-ring (bicyclic) bond motifs is 5. The first kappa shape index (κ1) is 33.5. The predicted octanol–water partition coefficient (Wildman–Crippen LogP) is 13.3. The van der Waals surface area contributed by atoms with E-state index in [2.05, 4.69) is 161 Å². The van der Waals surface area contributed by atoms with E-state index in [0.29, 0.717) is 10.8 Å². The molecule has 11 aromatic rings. The van der Waals surface area contributed by atoms with Crippen LogP contribution in [0.3, 0.4) is 0 Å². The van der Waals surface area contributed by atoms with E-state index in [4.69, 9.17) is 4.98 Å². The van der Waals surface area contributed by atoms with Crippen LogP contribution in [0.25, 0.3) is 99.8 Å². The van der Waals surface area contributed by atoms with Crippen molar-refractivity contribution in [1.82, 2.24) is 14.1 Å². The Kier molecular flexibility index (Phi) is 7.93. The van der Waals surface area contributed by atoms with Crippen LogP contribution in [0.5, 0.6) is 0 Å². The van der Waals surface area contributed by atoms with Crippen LogP contribution in [-0.2, 0) is 0 Å². The molecule has 0 saturated heterocycles. The Morgan fingerprint density at radius 1 is 0.310 bits per heavy atom. The monoisotopic (exact) mass is 741 g/mol. The summed E-state index contributed by atoms with van der Waals surface area (Å²) in [4.78, 5) is 19.5. The normalized spacial score (nSPS) is 11.5. The van der Waals surface area contributed by atoms with Crippen LogP contribution in [0.2, 0.25) is 0 Å². The molecule has 0 spiro atoms. The van der Waals surface area contributed by atoms with Crippen molar-refractivity contribution < 1.29 is 0 Å². The minimum absolute atomic E-state index is 0.00713. The Hall–Kier alpha value is -7.82. The highest BCUT2D eigenvalue weighted by Crippen LogP contribution is 2.37. The molecule has 58 heavy (non-hydrogen) atoms. The zero-order valence-corrected chi connectivity index (χ0v) is 31.5. The molecular weight excluding hydrogens is 707 g/mol. The summed E-state index contributed by atoms with van der Waals surface area (Å²) in [6.45, 7) is 0. The van der Waals surface area contributed by atoms with Gasteiger partial charge in [-0.15, -0.1) is 0 Å². The molecule has 3 heterocycles. The van der Waals surface area contributed by atoms with Gasteiger partial charge in [-0.25, -0.2) is 4.98 Å². The van der Waals surface area contributed by atoms with Gasteiger partial charge >= 0.3 is 0 Å². The third kappa shape index (κ3) is 5.62. The van der Waals surface area contributed by atoms with Gasteiger partial charge in [0.2, 0.25) is 0 Å². The number of hydrogen-bond donors (Lipinski definition) is 0. The van der Waals surface area contributed by atoms with E-state index in [0.717, 1.165) is 67.1 Å². The van der Waals surface area contributed by atoms with Gasteiger partial charge < -0.3 is 4.57 Å². The molecule has 0 aliphatic carbocycles. The SMILES string of the molecule is O=c1c2ccccc2n(-c2cc(-c3ccccc3)cc(-c3ccccc3)n2)c2cc(-c3ccc4c(c3)c3ccccc3n4-c3ccc(-c4ccccc4)cc3)ccc12. The molecule has 4 heteroatoms. The summed E-state index contributed by atoms with van der Waals surface area (Å²) < 4.78 is 4.51. The van der Waals surface area contributed by atoms with Crippen LogP contribution in [0.4, 0.5) is 0 Å². The van der Waals surface area contributed by atoms with Crippen molar-refractivity contribution in [3.63, 3.8) is 0 Å². The fourth-order valence-electron chi connectivity index (χ4n) is 8.52. The molecule has 0 aliphatic rings. The molecule has 0 bridgehead atoms.